The zero-order valence-electron chi connectivity index (χ0n) is 10.3. The summed E-state index contributed by atoms with van der Waals surface area (Å²) in [7, 11) is 0. The van der Waals surface area contributed by atoms with Crippen LogP contribution in [0.1, 0.15) is 18.5 Å². The molecule has 1 amide bonds. The summed E-state index contributed by atoms with van der Waals surface area (Å²) in [5.74, 6) is 0.0388. The van der Waals surface area contributed by atoms with Gasteiger partial charge in [0.1, 0.15) is 5.69 Å². The number of amides is 1. The fraction of sp³-hybridized carbons (Fsp3) is 0.500. The van der Waals surface area contributed by atoms with Crippen LogP contribution in [0.25, 0.3) is 0 Å². The first-order chi connectivity index (χ1) is 8.97. The molecular formula is C10H14N6O3. The number of nitrogens with one attached hydrogen (secondary N) is 2. The molecule has 2 rings (SSSR count). The van der Waals surface area contributed by atoms with Crippen molar-refractivity contribution in [3.8, 4) is 0 Å². The van der Waals surface area contributed by atoms with Crippen LogP contribution in [0.2, 0.25) is 0 Å². The number of hydrogen-bond donors (Lipinski definition) is 3. The lowest BCUT2D eigenvalue weighted by atomic mass is 10.2. The highest BCUT2D eigenvalue weighted by Crippen LogP contribution is 2.25. The summed E-state index contributed by atoms with van der Waals surface area (Å²) in [6, 6.07) is -0.0522. The Balaban J connectivity index is 2.15. The number of nitrogens with two attached hydrogens (primary N) is 1. The van der Waals surface area contributed by atoms with Crippen LogP contribution in [0.3, 0.4) is 0 Å². The molecule has 0 aliphatic carbocycles. The molecule has 1 fully saturated rings. The summed E-state index contributed by atoms with van der Waals surface area (Å²) < 4.78 is 0. The van der Waals surface area contributed by atoms with Gasteiger partial charge in [0.2, 0.25) is 17.7 Å². The molecule has 1 aromatic rings. The van der Waals surface area contributed by atoms with Crippen molar-refractivity contribution in [2.24, 2.45) is 0 Å². The average Bonchev–Trinajstić information content (AvgIpc) is 2.71. The third kappa shape index (κ3) is 2.87. The molecule has 0 bridgehead atoms. The molecule has 102 valence electrons. The number of carbonyl (C=O) groups is 1. The number of carbonyl (C=O) groups excluding carboxylic acids is 1. The van der Waals surface area contributed by atoms with Gasteiger partial charge in [-0.2, -0.15) is 4.98 Å². The van der Waals surface area contributed by atoms with Gasteiger partial charge in [0.15, 0.2) is 0 Å². The lowest BCUT2D eigenvalue weighted by Gasteiger charge is -2.12. The first-order valence-electron chi connectivity index (χ1n) is 5.79. The smallest absolute Gasteiger partial charge is 0.332 e. The van der Waals surface area contributed by atoms with Crippen LogP contribution in [0.4, 0.5) is 17.5 Å². The Kier molecular flexibility index (Phi) is 3.45. The molecule has 9 heteroatoms. The molecule has 1 unspecified atom stereocenters. The summed E-state index contributed by atoms with van der Waals surface area (Å²) in [6.45, 7) is 1.86. The molecule has 0 aromatic carbocycles. The molecule has 1 atom stereocenters. The summed E-state index contributed by atoms with van der Waals surface area (Å²) in [5, 5.41) is 16.6. The number of aryl methyl sites for hydroxylation is 1. The summed E-state index contributed by atoms with van der Waals surface area (Å²) in [5.41, 5.74) is 5.49. The Hall–Kier alpha value is -2.45. The van der Waals surface area contributed by atoms with E-state index in [0.717, 1.165) is 0 Å². The van der Waals surface area contributed by atoms with Crippen molar-refractivity contribution in [3.05, 3.63) is 15.8 Å². The van der Waals surface area contributed by atoms with E-state index >= 15 is 0 Å². The normalized spacial score (nSPS) is 18.2. The van der Waals surface area contributed by atoms with Crippen molar-refractivity contribution in [1.82, 2.24) is 15.3 Å². The number of hydrogen-bond acceptors (Lipinski definition) is 7. The Morgan fingerprint density at radius 3 is 2.89 bits per heavy atom. The van der Waals surface area contributed by atoms with E-state index in [4.69, 9.17) is 5.73 Å². The van der Waals surface area contributed by atoms with Gasteiger partial charge in [-0.15, -0.1) is 0 Å². The molecule has 9 nitrogen and oxygen atoms in total. The number of rotatable bonds is 4. The van der Waals surface area contributed by atoms with E-state index in [1.54, 1.807) is 0 Å². The Morgan fingerprint density at radius 1 is 1.58 bits per heavy atom. The molecule has 1 saturated heterocycles. The van der Waals surface area contributed by atoms with Crippen LogP contribution >= 0.6 is 0 Å². The predicted octanol–water partition coefficient (Wildman–Crippen LogP) is -0.0341. The molecular weight excluding hydrogens is 252 g/mol. The number of nitrogens with zero attached hydrogens (tertiary/aromatic N) is 3. The lowest BCUT2D eigenvalue weighted by Crippen LogP contribution is -2.32. The second kappa shape index (κ2) is 5.04. The quantitative estimate of drug-likeness (QED) is 0.514. The standard InChI is InChI=1S/C10H14N6O3/c1-5-8(16(18)19)9(15-10(11)13-5)12-4-6-2-3-7(17)14-6/h6H,2-4H2,1H3,(H,14,17)(H3,11,12,13,15). The molecule has 1 aliphatic rings. The molecule has 2 heterocycles. The highest BCUT2D eigenvalue weighted by Gasteiger charge is 2.24. The maximum atomic E-state index is 11.1. The Bertz CT molecular complexity index is 532. The van der Waals surface area contributed by atoms with E-state index in [1.807, 2.05) is 0 Å². The van der Waals surface area contributed by atoms with Gasteiger partial charge in [-0.25, -0.2) is 4.98 Å². The van der Waals surface area contributed by atoms with Crippen molar-refractivity contribution in [1.29, 1.82) is 0 Å². The van der Waals surface area contributed by atoms with Crippen molar-refractivity contribution in [2.75, 3.05) is 17.6 Å². The van der Waals surface area contributed by atoms with Crippen LogP contribution < -0.4 is 16.4 Å². The zero-order chi connectivity index (χ0) is 14.0. The van der Waals surface area contributed by atoms with Gasteiger partial charge in [-0.3, -0.25) is 14.9 Å². The number of nitro groups is 1. The van der Waals surface area contributed by atoms with E-state index < -0.39 is 4.92 Å². The largest absolute Gasteiger partial charge is 0.368 e. The second-order valence-corrected chi connectivity index (χ2v) is 4.31. The van der Waals surface area contributed by atoms with Gasteiger partial charge in [0, 0.05) is 19.0 Å². The summed E-state index contributed by atoms with van der Waals surface area (Å²) in [4.78, 5) is 29.1. The van der Waals surface area contributed by atoms with E-state index in [9.17, 15) is 14.9 Å². The van der Waals surface area contributed by atoms with E-state index in [2.05, 4.69) is 20.6 Å². The van der Waals surface area contributed by atoms with Crippen LogP contribution in [-0.4, -0.2) is 33.4 Å². The van der Waals surface area contributed by atoms with Crippen LogP contribution in [-0.2, 0) is 4.79 Å². The second-order valence-electron chi connectivity index (χ2n) is 4.31. The molecule has 0 saturated carbocycles. The first kappa shape index (κ1) is 13.0. The minimum atomic E-state index is -0.551. The van der Waals surface area contributed by atoms with Gasteiger partial charge in [0.25, 0.3) is 0 Å². The monoisotopic (exact) mass is 266 g/mol. The van der Waals surface area contributed by atoms with Gasteiger partial charge < -0.3 is 16.4 Å². The molecule has 19 heavy (non-hydrogen) atoms. The summed E-state index contributed by atoms with van der Waals surface area (Å²) in [6.07, 6.45) is 1.17. The maximum Gasteiger partial charge on any atom is 0.332 e. The van der Waals surface area contributed by atoms with Crippen LogP contribution in [0, 0.1) is 17.0 Å². The highest BCUT2D eigenvalue weighted by molar-refractivity contribution is 5.78. The van der Waals surface area contributed by atoms with Gasteiger partial charge in [-0.1, -0.05) is 0 Å². The van der Waals surface area contributed by atoms with Crippen LogP contribution in [0.5, 0.6) is 0 Å². The third-order valence-electron chi connectivity index (χ3n) is 2.86. The predicted molar refractivity (Wildman–Crippen MR) is 67.5 cm³/mol. The third-order valence-corrected chi connectivity index (χ3v) is 2.86. The topological polar surface area (TPSA) is 136 Å². The Labute approximate surface area is 108 Å². The first-order valence-corrected chi connectivity index (χ1v) is 5.79. The van der Waals surface area contributed by atoms with E-state index in [0.29, 0.717) is 19.4 Å². The number of aromatic nitrogens is 2. The van der Waals surface area contributed by atoms with Gasteiger partial charge >= 0.3 is 5.69 Å². The number of nitrogen functional groups attached to an aromatic ring is 1. The molecule has 1 aliphatic heterocycles. The molecule has 0 spiro atoms. The van der Waals surface area contributed by atoms with Crippen molar-refractivity contribution in [2.45, 2.75) is 25.8 Å². The fourth-order valence-corrected chi connectivity index (χ4v) is 1.98. The molecule has 4 N–H and O–H groups in total. The van der Waals surface area contributed by atoms with Crippen molar-refractivity contribution in [3.63, 3.8) is 0 Å². The average molecular weight is 266 g/mol. The SMILES string of the molecule is Cc1nc(N)nc(NCC2CCC(=O)N2)c1[N+](=O)[O-]. The lowest BCUT2D eigenvalue weighted by molar-refractivity contribution is -0.385. The van der Waals surface area contributed by atoms with Crippen LogP contribution in [0.15, 0.2) is 0 Å². The highest BCUT2D eigenvalue weighted by atomic mass is 16.6. The minimum Gasteiger partial charge on any atom is -0.368 e. The minimum absolute atomic E-state index is 0.0142. The van der Waals surface area contributed by atoms with Crippen molar-refractivity contribution >= 4 is 23.4 Å². The van der Waals surface area contributed by atoms with Crippen molar-refractivity contribution < 1.29 is 9.72 Å². The fourth-order valence-electron chi connectivity index (χ4n) is 1.98. The van der Waals surface area contributed by atoms with E-state index in [1.165, 1.54) is 6.92 Å². The number of anilines is 2. The zero-order valence-corrected chi connectivity index (χ0v) is 10.3. The molecule has 0 radical (unpaired) electrons. The van der Waals surface area contributed by atoms with Gasteiger partial charge in [-0.05, 0) is 13.3 Å². The maximum absolute atomic E-state index is 11.1. The van der Waals surface area contributed by atoms with Gasteiger partial charge in [0.05, 0.1) is 4.92 Å². The Morgan fingerprint density at radius 2 is 2.32 bits per heavy atom. The summed E-state index contributed by atoms with van der Waals surface area (Å²) >= 11 is 0. The van der Waals surface area contributed by atoms with E-state index in [-0.39, 0.29) is 35.1 Å². The molecule has 1 aromatic heterocycles.